The Labute approximate surface area is 206 Å². The van der Waals surface area contributed by atoms with Gasteiger partial charge in [0.25, 0.3) is 0 Å². The van der Waals surface area contributed by atoms with Crippen LogP contribution in [0.4, 0.5) is 0 Å². The number of hydroxylamine groups is 1. The van der Waals surface area contributed by atoms with Gasteiger partial charge in [-0.15, -0.1) is 0 Å². The number of sulfone groups is 2. The Kier molecular flexibility index (Phi) is 8.21. The quantitative estimate of drug-likeness (QED) is 0.306. The highest BCUT2D eigenvalue weighted by molar-refractivity contribution is 7.92. The number of hydrogen-bond acceptors (Lipinski definition) is 7. The van der Waals surface area contributed by atoms with Crippen LogP contribution < -0.4 is 10.2 Å². The highest BCUT2D eigenvalue weighted by Gasteiger charge is 2.32. The van der Waals surface area contributed by atoms with Crippen LogP contribution in [0.2, 0.25) is 10.0 Å². The Morgan fingerprint density at radius 2 is 1.09 bits per heavy atom. The predicted octanol–water partition coefficient (Wildman–Crippen LogP) is 4.15. The average Bonchev–Trinajstić information content (AvgIpc) is 2.80. The molecule has 0 saturated carbocycles. The third kappa shape index (κ3) is 6.71. The monoisotopic (exact) mass is 543 g/mol. The summed E-state index contributed by atoms with van der Waals surface area (Å²) in [5, 5.41) is 9.89. The van der Waals surface area contributed by atoms with Crippen LogP contribution in [-0.2, 0) is 24.5 Å². The lowest BCUT2D eigenvalue weighted by atomic mass is 10.2. The number of ether oxygens (including phenoxy) is 1. The van der Waals surface area contributed by atoms with Crippen molar-refractivity contribution in [1.82, 2.24) is 5.48 Å². The molecule has 0 spiro atoms. The lowest BCUT2D eigenvalue weighted by Crippen LogP contribution is -2.37. The van der Waals surface area contributed by atoms with Crippen LogP contribution in [-0.4, -0.2) is 39.5 Å². The summed E-state index contributed by atoms with van der Waals surface area (Å²) < 4.78 is 56.9. The van der Waals surface area contributed by atoms with E-state index < -0.39 is 43.0 Å². The summed E-state index contributed by atoms with van der Waals surface area (Å²) in [7, 11) is -8.16. The molecule has 0 fully saturated rings. The summed E-state index contributed by atoms with van der Waals surface area (Å²) in [4.78, 5) is 11.9. The number of benzene rings is 3. The molecule has 3 rings (SSSR count). The minimum Gasteiger partial charge on any atom is -0.457 e. The van der Waals surface area contributed by atoms with Crippen LogP contribution in [0.5, 0.6) is 11.5 Å². The highest BCUT2D eigenvalue weighted by Crippen LogP contribution is 2.26. The van der Waals surface area contributed by atoms with Gasteiger partial charge in [0.2, 0.25) is 5.91 Å². The van der Waals surface area contributed by atoms with E-state index >= 15 is 0 Å². The number of carbonyl (C=O) groups is 1. The molecule has 2 N–H and O–H groups in total. The van der Waals surface area contributed by atoms with E-state index in [4.69, 9.17) is 33.1 Å². The Bertz CT molecular complexity index is 1360. The summed E-state index contributed by atoms with van der Waals surface area (Å²) in [6, 6.07) is 17.2. The molecule has 0 aliphatic rings. The summed E-state index contributed by atoms with van der Waals surface area (Å²) in [5.74, 6) is -3.53. The van der Waals surface area contributed by atoms with Crippen LogP contribution in [0.15, 0.2) is 82.6 Å². The summed E-state index contributed by atoms with van der Waals surface area (Å²) in [5.41, 5.74) is 1.34. The number of halogens is 2. The van der Waals surface area contributed by atoms with Crippen molar-refractivity contribution in [1.29, 1.82) is 0 Å². The van der Waals surface area contributed by atoms with Crippen LogP contribution in [0.1, 0.15) is 0 Å². The van der Waals surface area contributed by atoms with E-state index in [0.717, 1.165) is 0 Å². The fourth-order valence-electron chi connectivity index (χ4n) is 3.01. The third-order valence-electron chi connectivity index (χ3n) is 4.73. The van der Waals surface area contributed by atoms with Gasteiger partial charge in [-0.2, -0.15) is 0 Å². The summed E-state index contributed by atoms with van der Waals surface area (Å²) >= 11 is 11.6. The molecule has 1 atom stereocenters. The Morgan fingerprint density at radius 3 is 1.50 bits per heavy atom. The molecule has 0 aromatic heterocycles. The molecule has 180 valence electrons. The molecule has 0 radical (unpaired) electrons. The molecule has 0 saturated heterocycles. The van der Waals surface area contributed by atoms with Crippen LogP contribution in [0, 0.1) is 5.92 Å². The maximum atomic E-state index is 12.9. The van der Waals surface area contributed by atoms with E-state index in [1.165, 1.54) is 54.0 Å². The van der Waals surface area contributed by atoms with Crippen molar-refractivity contribution in [3.8, 4) is 11.5 Å². The average molecular weight is 544 g/mol. The molecule has 0 aliphatic heterocycles. The lowest BCUT2D eigenvalue weighted by Gasteiger charge is -2.16. The van der Waals surface area contributed by atoms with E-state index in [2.05, 4.69) is 0 Å². The van der Waals surface area contributed by atoms with Crippen molar-refractivity contribution in [3.63, 3.8) is 0 Å². The van der Waals surface area contributed by atoms with Gasteiger partial charge in [0.05, 0.1) is 27.2 Å². The van der Waals surface area contributed by atoms with Crippen LogP contribution in [0.25, 0.3) is 0 Å². The van der Waals surface area contributed by atoms with Gasteiger partial charge >= 0.3 is 0 Å². The molecule has 3 aromatic carbocycles. The van der Waals surface area contributed by atoms with Crippen molar-refractivity contribution in [2.75, 3.05) is 11.5 Å². The largest absolute Gasteiger partial charge is 0.457 e. The topological polar surface area (TPSA) is 127 Å². The molecule has 8 nitrogen and oxygen atoms in total. The second-order valence-corrected chi connectivity index (χ2v) is 12.2. The first-order valence-electron chi connectivity index (χ1n) is 9.69. The molecule has 0 heterocycles. The van der Waals surface area contributed by atoms with Crippen LogP contribution in [0.3, 0.4) is 0 Å². The normalized spacial score (nSPS) is 12.7. The maximum absolute atomic E-state index is 12.9. The van der Waals surface area contributed by atoms with Crippen molar-refractivity contribution >= 4 is 48.8 Å². The van der Waals surface area contributed by atoms with Gasteiger partial charge in [-0.3, -0.25) is 10.0 Å². The number of rotatable bonds is 9. The van der Waals surface area contributed by atoms with Crippen LogP contribution >= 0.6 is 23.2 Å². The van der Waals surface area contributed by atoms with E-state index in [1.807, 2.05) is 0 Å². The molecule has 1 unspecified atom stereocenters. The Morgan fingerprint density at radius 1 is 0.735 bits per heavy atom. The van der Waals surface area contributed by atoms with E-state index in [0.29, 0.717) is 21.5 Å². The third-order valence-corrected chi connectivity index (χ3v) is 8.89. The molecule has 0 aliphatic carbocycles. The van der Waals surface area contributed by atoms with Crippen molar-refractivity contribution in [2.24, 2.45) is 5.92 Å². The van der Waals surface area contributed by atoms with Gasteiger partial charge in [-0.1, -0.05) is 23.2 Å². The molecule has 0 bridgehead atoms. The second kappa shape index (κ2) is 10.7. The van der Waals surface area contributed by atoms with Gasteiger partial charge in [0.15, 0.2) is 19.7 Å². The zero-order valence-electron chi connectivity index (χ0n) is 17.4. The minimum atomic E-state index is -4.10. The van der Waals surface area contributed by atoms with E-state index in [-0.39, 0.29) is 9.79 Å². The first-order valence-corrected chi connectivity index (χ1v) is 13.7. The molecule has 3 aromatic rings. The molecule has 34 heavy (non-hydrogen) atoms. The molecule has 1 amide bonds. The Balaban J connectivity index is 1.78. The molecule has 12 heteroatoms. The number of amides is 1. The van der Waals surface area contributed by atoms with Gasteiger partial charge < -0.3 is 4.74 Å². The summed E-state index contributed by atoms with van der Waals surface area (Å²) in [6.45, 7) is 0. The SMILES string of the molecule is O=C(NO)C(CS(=O)(=O)c1ccc(Cl)cc1)CS(=O)(=O)c1ccc(Oc2ccc(Cl)cc2)cc1. The zero-order chi connectivity index (χ0) is 24.9. The maximum Gasteiger partial charge on any atom is 0.248 e. The first kappa shape index (κ1) is 26.0. The van der Waals surface area contributed by atoms with Crippen molar-refractivity contribution in [3.05, 3.63) is 82.8 Å². The Hall–Kier alpha value is -2.63. The predicted molar refractivity (Wildman–Crippen MR) is 127 cm³/mol. The first-order chi connectivity index (χ1) is 16.0. The number of nitrogens with one attached hydrogen (secondary N) is 1. The van der Waals surface area contributed by atoms with Gasteiger partial charge in [-0.05, 0) is 72.8 Å². The van der Waals surface area contributed by atoms with Gasteiger partial charge in [0, 0.05) is 10.0 Å². The fraction of sp³-hybridized carbons (Fsp3) is 0.136. The molecular formula is C22H19Cl2NO7S2. The summed E-state index contributed by atoms with van der Waals surface area (Å²) in [6.07, 6.45) is 0. The van der Waals surface area contributed by atoms with Gasteiger partial charge in [-0.25, -0.2) is 22.3 Å². The zero-order valence-corrected chi connectivity index (χ0v) is 20.5. The molecular weight excluding hydrogens is 525 g/mol. The highest BCUT2D eigenvalue weighted by atomic mass is 35.5. The van der Waals surface area contributed by atoms with E-state index in [1.54, 1.807) is 24.3 Å². The smallest absolute Gasteiger partial charge is 0.248 e. The fourth-order valence-corrected chi connectivity index (χ4v) is 6.49. The van der Waals surface area contributed by atoms with Gasteiger partial charge in [0.1, 0.15) is 11.5 Å². The minimum absolute atomic E-state index is 0.131. The lowest BCUT2D eigenvalue weighted by molar-refractivity contribution is -0.132. The van der Waals surface area contributed by atoms with Crippen molar-refractivity contribution < 1.29 is 31.6 Å². The van der Waals surface area contributed by atoms with Crippen molar-refractivity contribution in [2.45, 2.75) is 9.79 Å². The standard InChI is InChI=1S/C22H19Cl2NO7S2/c23-16-1-5-18(6-2-16)32-19-7-11-21(12-8-19)34(30,31)14-15(22(26)25-27)13-33(28,29)20-9-3-17(24)4-10-20/h1-12,15,27H,13-14H2,(H,25,26). The second-order valence-electron chi connectivity index (χ2n) is 7.22. The van der Waals surface area contributed by atoms with E-state index in [9.17, 15) is 21.6 Å². The number of carbonyl (C=O) groups excluding carboxylic acids is 1. The number of hydrogen-bond donors (Lipinski definition) is 2.